The van der Waals surface area contributed by atoms with Gasteiger partial charge >= 0.3 is 0 Å². The normalized spacial score (nSPS) is 11.0. The predicted octanol–water partition coefficient (Wildman–Crippen LogP) is 3.27. The molecule has 0 saturated heterocycles. The molecule has 0 unspecified atom stereocenters. The highest BCUT2D eigenvalue weighted by Gasteiger charge is 2.08. The number of halogens is 2. The van der Waals surface area contributed by atoms with Crippen molar-refractivity contribution < 1.29 is 4.39 Å². The Labute approximate surface area is 108 Å². The van der Waals surface area contributed by atoms with Crippen molar-refractivity contribution >= 4 is 22.6 Å². The number of aromatic nitrogens is 3. The van der Waals surface area contributed by atoms with Gasteiger partial charge in [-0.15, -0.1) is 0 Å². The van der Waals surface area contributed by atoms with Gasteiger partial charge in [0.05, 0.1) is 18.3 Å². The Kier molecular flexibility index (Phi) is 2.72. The molecule has 3 rings (SSSR count). The molecule has 1 aromatic carbocycles. The lowest BCUT2D eigenvalue weighted by molar-refractivity contribution is 0.626. The average Bonchev–Trinajstić information content (AvgIpc) is 2.69. The minimum absolute atomic E-state index is 0.246. The van der Waals surface area contributed by atoms with Gasteiger partial charge in [0.2, 0.25) is 5.28 Å². The third-order valence-electron chi connectivity index (χ3n) is 2.76. The van der Waals surface area contributed by atoms with E-state index in [-0.39, 0.29) is 5.82 Å². The van der Waals surface area contributed by atoms with Crippen LogP contribution in [0.4, 0.5) is 4.39 Å². The van der Waals surface area contributed by atoms with Gasteiger partial charge in [-0.1, -0.05) is 12.1 Å². The van der Waals surface area contributed by atoms with Crippen molar-refractivity contribution in [1.29, 1.82) is 0 Å². The number of fused-ring (bicyclic) bond motifs is 1. The van der Waals surface area contributed by atoms with Gasteiger partial charge in [-0.05, 0) is 35.4 Å². The fraction of sp³-hybridized carbons (Fsp3) is 0.0769. The summed E-state index contributed by atoms with van der Waals surface area (Å²) in [5.74, 6) is -0.246. The smallest absolute Gasteiger partial charge is 0.204 e. The number of benzene rings is 1. The quantitative estimate of drug-likeness (QED) is 0.709. The Hall–Kier alpha value is -1.94. The zero-order valence-corrected chi connectivity index (χ0v) is 10.1. The Morgan fingerprint density at radius 2 is 1.94 bits per heavy atom. The summed E-state index contributed by atoms with van der Waals surface area (Å²) < 4.78 is 14.7. The molecule has 0 aliphatic heterocycles. The first-order chi connectivity index (χ1) is 8.74. The molecule has 2 aromatic heterocycles. The topological polar surface area (TPSA) is 30.7 Å². The van der Waals surface area contributed by atoms with Crippen LogP contribution in [0, 0.1) is 5.82 Å². The van der Waals surface area contributed by atoms with E-state index >= 15 is 0 Å². The Bertz CT molecular complexity index is 691. The van der Waals surface area contributed by atoms with Crippen LogP contribution in [0.1, 0.15) is 5.56 Å². The second kappa shape index (κ2) is 4.38. The number of hydrogen-bond donors (Lipinski definition) is 0. The number of imidazole rings is 1. The Balaban J connectivity index is 2.04. The molecule has 0 bridgehead atoms. The molecular formula is C13H9ClFN3. The van der Waals surface area contributed by atoms with Crippen LogP contribution in [-0.4, -0.2) is 14.5 Å². The molecule has 3 aromatic rings. The van der Waals surface area contributed by atoms with Crippen molar-refractivity contribution in [3.05, 3.63) is 59.4 Å². The summed E-state index contributed by atoms with van der Waals surface area (Å²) in [6.07, 6.45) is 3.36. The van der Waals surface area contributed by atoms with Gasteiger partial charge in [0.25, 0.3) is 0 Å². The highest BCUT2D eigenvalue weighted by atomic mass is 35.5. The molecule has 0 atom stereocenters. The fourth-order valence-corrected chi connectivity index (χ4v) is 2.12. The molecule has 0 fully saturated rings. The Morgan fingerprint density at radius 1 is 1.17 bits per heavy atom. The highest BCUT2D eigenvalue weighted by Crippen LogP contribution is 2.20. The molecule has 0 amide bonds. The maximum Gasteiger partial charge on any atom is 0.204 e. The minimum Gasteiger partial charge on any atom is -0.310 e. The molecule has 0 aliphatic carbocycles. The van der Waals surface area contributed by atoms with Gasteiger partial charge in [0.1, 0.15) is 11.3 Å². The summed E-state index contributed by atoms with van der Waals surface area (Å²) in [6.45, 7) is 0.555. The van der Waals surface area contributed by atoms with Crippen LogP contribution >= 0.6 is 11.6 Å². The van der Waals surface area contributed by atoms with E-state index in [9.17, 15) is 4.39 Å². The van der Waals surface area contributed by atoms with Crippen molar-refractivity contribution in [2.75, 3.05) is 0 Å². The lowest BCUT2D eigenvalue weighted by Crippen LogP contribution is -1.99. The van der Waals surface area contributed by atoms with Gasteiger partial charge in [0.15, 0.2) is 0 Å². The Morgan fingerprint density at radius 3 is 2.72 bits per heavy atom. The van der Waals surface area contributed by atoms with Crippen molar-refractivity contribution in [2.24, 2.45) is 0 Å². The van der Waals surface area contributed by atoms with E-state index in [0.29, 0.717) is 11.8 Å². The van der Waals surface area contributed by atoms with Crippen LogP contribution in [0.3, 0.4) is 0 Å². The second-order valence-electron chi connectivity index (χ2n) is 3.96. The first-order valence-electron chi connectivity index (χ1n) is 5.44. The van der Waals surface area contributed by atoms with E-state index in [1.807, 2.05) is 10.6 Å². The van der Waals surface area contributed by atoms with E-state index in [0.717, 1.165) is 16.6 Å². The van der Waals surface area contributed by atoms with Gasteiger partial charge in [-0.2, -0.15) is 0 Å². The van der Waals surface area contributed by atoms with E-state index in [1.165, 1.54) is 12.1 Å². The maximum absolute atomic E-state index is 12.8. The molecule has 90 valence electrons. The molecule has 5 heteroatoms. The van der Waals surface area contributed by atoms with Crippen LogP contribution < -0.4 is 0 Å². The molecule has 0 spiro atoms. The van der Waals surface area contributed by atoms with Crippen LogP contribution in [0.5, 0.6) is 0 Å². The van der Waals surface area contributed by atoms with E-state index in [4.69, 9.17) is 11.6 Å². The summed E-state index contributed by atoms with van der Waals surface area (Å²) in [5.41, 5.74) is 2.64. The summed E-state index contributed by atoms with van der Waals surface area (Å²) in [6, 6.07) is 8.20. The van der Waals surface area contributed by atoms with Crippen molar-refractivity contribution in [3.8, 4) is 0 Å². The molecule has 0 radical (unpaired) electrons. The van der Waals surface area contributed by atoms with Gasteiger partial charge in [-0.3, -0.25) is 4.98 Å². The lowest BCUT2D eigenvalue weighted by Gasteiger charge is -2.05. The zero-order chi connectivity index (χ0) is 12.5. The van der Waals surface area contributed by atoms with Crippen molar-refractivity contribution in [2.45, 2.75) is 6.54 Å². The summed E-state index contributed by atoms with van der Waals surface area (Å²) in [4.78, 5) is 8.22. The van der Waals surface area contributed by atoms with Gasteiger partial charge in [-0.25, -0.2) is 9.37 Å². The van der Waals surface area contributed by atoms with Crippen LogP contribution in [-0.2, 0) is 6.54 Å². The first-order valence-corrected chi connectivity index (χ1v) is 5.82. The maximum atomic E-state index is 12.8. The van der Waals surface area contributed by atoms with Crippen molar-refractivity contribution in [1.82, 2.24) is 14.5 Å². The highest BCUT2D eigenvalue weighted by molar-refractivity contribution is 6.29. The number of hydrogen-bond acceptors (Lipinski definition) is 2. The third-order valence-corrected chi connectivity index (χ3v) is 3.05. The SMILES string of the molecule is Fc1ccc(Cn2c(Cl)nc3cnccc32)cc1. The molecule has 18 heavy (non-hydrogen) atoms. The monoisotopic (exact) mass is 261 g/mol. The largest absolute Gasteiger partial charge is 0.310 e. The van der Waals surface area contributed by atoms with E-state index in [2.05, 4.69) is 9.97 Å². The molecule has 0 N–H and O–H groups in total. The van der Waals surface area contributed by atoms with Crippen LogP contribution in [0.15, 0.2) is 42.7 Å². The number of nitrogens with zero attached hydrogens (tertiary/aromatic N) is 3. The third kappa shape index (κ3) is 1.95. The first kappa shape index (κ1) is 11.2. The van der Waals surface area contributed by atoms with Crippen LogP contribution in [0.2, 0.25) is 5.28 Å². The molecular weight excluding hydrogens is 253 g/mol. The number of pyridine rings is 1. The van der Waals surface area contributed by atoms with Crippen LogP contribution in [0.25, 0.3) is 11.0 Å². The standard InChI is InChI=1S/C13H9ClFN3/c14-13-17-11-7-16-6-5-12(11)18(13)8-9-1-3-10(15)4-2-9/h1-7H,8H2. The predicted molar refractivity (Wildman–Crippen MR) is 68.0 cm³/mol. The van der Waals surface area contributed by atoms with E-state index < -0.39 is 0 Å². The van der Waals surface area contributed by atoms with Crippen molar-refractivity contribution in [3.63, 3.8) is 0 Å². The van der Waals surface area contributed by atoms with E-state index in [1.54, 1.807) is 24.5 Å². The molecule has 0 aliphatic rings. The minimum atomic E-state index is -0.246. The molecule has 2 heterocycles. The number of rotatable bonds is 2. The lowest BCUT2D eigenvalue weighted by atomic mass is 10.2. The molecule has 0 saturated carbocycles. The summed E-state index contributed by atoms with van der Waals surface area (Å²) in [5, 5.41) is 0.405. The zero-order valence-electron chi connectivity index (χ0n) is 9.35. The average molecular weight is 262 g/mol. The second-order valence-corrected chi connectivity index (χ2v) is 4.30. The summed E-state index contributed by atoms with van der Waals surface area (Å²) in [7, 11) is 0. The summed E-state index contributed by atoms with van der Waals surface area (Å²) >= 11 is 6.10. The molecule has 3 nitrogen and oxygen atoms in total. The van der Waals surface area contributed by atoms with Gasteiger partial charge < -0.3 is 4.57 Å². The fourth-order valence-electron chi connectivity index (χ4n) is 1.88. The van der Waals surface area contributed by atoms with Gasteiger partial charge in [0, 0.05) is 6.20 Å².